The predicted octanol–water partition coefficient (Wildman–Crippen LogP) is 0.264. The van der Waals surface area contributed by atoms with Crippen molar-refractivity contribution in [2.75, 3.05) is 13.1 Å². The van der Waals surface area contributed by atoms with Crippen molar-refractivity contribution in [3.8, 4) is 0 Å². The second-order valence-electron chi connectivity index (χ2n) is 4.30. The summed E-state index contributed by atoms with van der Waals surface area (Å²) in [7, 11) is 0. The minimum absolute atomic E-state index is 0.0256. The van der Waals surface area contributed by atoms with E-state index in [0.717, 1.165) is 25.7 Å². The van der Waals surface area contributed by atoms with Crippen LogP contribution in [0.4, 0.5) is 0 Å². The number of hydrogen-bond acceptors (Lipinski definition) is 3. The van der Waals surface area contributed by atoms with Crippen molar-refractivity contribution in [3.05, 3.63) is 0 Å². The fourth-order valence-electron chi connectivity index (χ4n) is 2.66. The molecule has 0 aromatic rings. The average Bonchev–Trinajstić information content (AvgIpc) is 2.69. The van der Waals surface area contributed by atoms with E-state index in [2.05, 4.69) is 0 Å². The molecule has 1 saturated heterocycles. The molecule has 2 amide bonds. The number of nitrogens with two attached hydrogens (primary N) is 1. The lowest BCUT2D eigenvalue weighted by Crippen LogP contribution is -2.37. The van der Waals surface area contributed by atoms with Gasteiger partial charge in [-0.05, 0) is 12.8 Å². The van der Waals surface area contributed by atoms with E-state index in [1.165, 1.54) is 4.90 Å². The number of nitrogens with zero attached hydrogens (tertiary/aromatic N) is 1. The van der Waals surface area contributed by atoms with E-state index in [9.17, 15) is 9.59 Å². The largest absolute Gasteiger partial charge is 0.329 e. The van der Waals surface area contributed by atoms with Crippen LogP contribution >= 0.6 is 0 Å². The predicted molar refractivity (Wildman–Crippen MR) is 51.3 cm³/mol. The molecular formula is C10H16N2O2. The summed E-state index contributed by atoms with van der Waals surface area (Å²) in [6.07, 6.45) is 4.36. The van der Waals surface area contributed by atoms with Gasteiger partial charge in [-0.1, -0.05) is 12.8 Å². The molecule has 1 aliphatic heterocycles. The first-order valence-corrected chi connectivity index (χ1v) is 5.24. The third-order valence-electron chi connectivity index (χ3n) is 3.40. The van der Waals surface area contributed by atoms with E-state index in [-0.39, 0.29) is 17.2 Å². The molecule has 14 heavy (non-hydrogen) atoms. The molecule has 0 aromatic heterocycles. The third-order valence-corrected chi connectivity index (χ3v) is 3.40. The van der Waals surface area contributed by atoms with E-state index in [4.69, 9.17) is 5.73 Å². The molecule has 78 valence electrons. The summed E-state index contributed by atoms with van der Waals surface area (Å²) in [6, 6.07) is 0. The molecule has 0 aromatic carbocycles. The van der Waals surface area contributed by atoms with Crippen molar-refractivity contribution in [2.24, 2.45) is 11.1 Å². The maximum atomic E-state index is 12.0. The zero-order valence-electron chi connectivity index (χ0n) is 8.29. The van der Waals surface area contributed by atoms with Gasteiger partial charge in [-0.3, -0.25) is 14.5 Å². The van der Waals surface area contributed by atoms with Crippen LogP contribution in [0.3, 0.4) is 0 Å². The number of amides is 2. The van der Waals surface area contributed by atoms with E-state index >= 15 is 0 Å². The number of carbonyl (C=O) groups excluding carboxylic acids is 2. The first kappa shape index (κ1) is 9.65. The Kier molecular flexibility index (Phi) is 2.31. The van der Waals surface area contributed by atoms with Gasteiger partial charge in [0.15, 0.2) is 0 Å². The summed E-state index contributed by atoms with van der Waals surface area (Å²) < 4.78 is 0. The lowest BCUT2D eigenvalue weighted by atomic mass is 9.84. The molecule has 0 unspecified atom stereocenters. The lowest BCUT2D eigenvalue weighted by molar-refractivity contribution is -0.141. The molecule has 2 fully saturated rings. The SMILES string of the molecule is NCCN1C(=O)CC2(CCCC2)C1=O. The van der Waals surface area contributed by atoms with E-state index in [1.807, 2.05) is 0 Å². The fraction of sp³-hybridized carbons (Fsp3) is 0.800. The number of imide groups is 1. The molecule has 2 rings (SSSR count). The van der Waals surface area contributed by atoms with Gasteiger partial charge in [-0.25, -0.2) is 0 Å². The summed E-state index contributed by atoms with van der Waals surface area (Å²) in [5.41, 5.74) is 5.05. The highest BCUT2D eigenvalue weighted by molar-refractivity contribution is 6.06. The molecule has 4 heteroatoms. The summed E-state index contributed by atoms with van der Waals surface area (Å²) in [6.45, 7) is 0.757. The fourth-order valence-corrected chi connectivity index (χ4v) is 2.66. The van der Waals surface area contributed by atoms with Crippen LogP contribution < -0.4 is 5.73 Å². The van der Waals surface area contributed by atoms with E-state index in [0.29, 0.717) is 19.5 Å². The van der Waals surface area contributed by atoms with Gasteiger partial charge in [-0.2, -0.15) is 0 Å². The Morgan fingerprint density at radius 2 is 1.93 bits per heavy atom. The maximum absolute atomic E-state index is 12.0. The summed E-state index contributed by atoms with van der Waals surface area (Å²) >= 11 is 0. The topological polar surface area (TPSA) is 63.4 Å². The molecule has 4 nitrogen and oxygen atoms in total. The van der Waals surface area contributed by atoms with E-state index < -0.39 is 0 Å². The van der Waals surface area contributed by atoms with Crippen LogP contribution in [0, 0.1) is 5.41 Å². The smallest absolute Gasteiger partial charge is 0.235 e. The number of hydrogen-bond donors (Lipinski definition) is 1. The van der Waals surface area contributed by atoms with E-state index in [1.54, 1.807) is 0 Å². The molecular weight excluding hydrogens is 180 g/mol. The van der Waals surface area contributed by atoms with Crippen LogP contribution in [0.2, 0.25) is 0 Å². The Labute approximate surface area is 83.4 Å². The van der Waals surface area contributed by atoms with Crippen LogP contribution in [0.1, 0.15) is 32.1 Å². The second kappa shape index (κ2) is 3.35. The molecule has 0 radical (unpaired) electrons. The molecule has 1 heterocycles. The van der Waals surface area contributed by atoms with Crippen molar-refractivity contribution in [2.45, 2.75) is 32.1 Å². The summed E-state index contributed by atoms with van der Waals surface area (Å²) in [4.78, 5) is 24.9. The number of likely N-dealkylation sites (tertiary alicyclic amines) is 1. The van der Waals surface area contributed by atoms with Crippen molar-refractivity contribution >= 4 is 11.8 Å². The first-order valence-electron chi connectivity index (χ1n) is 5.24. The Hall–Kier alpha value is -0.900. The van der Waals surface area contributed by atoms with Gasteiger partial charge >= 0.3 is 0 Å². The highest BCUT2D eigenvalue weighted by Crippen LogP contribution is 2.46. The van der Waals surface area contributed by atoms with Crippen LogP contribution in [0.5, 0.6) is 0 Å². The van der Waals surface area contributed by atoms with Crippen molar-refractivity contribution in [1.29, 1.82) is 0 Å². The van der Waals surface area contributed by atoms with Crippen molar-refractivity contribution in [3.63, 3.8) is 0 Å². The molecule has 2 N–H and O–H groups in total. The minimum atomic E-state index is -0.327. The zero-order valence-corrected chi connectivity index (χ0v) is 8.29. The second-order valence-corrected chi connectivity index (χ2v) is 4.30. The van der Waals surface area contributed by atoms with Crippen molar-refractivity contribution in [1.82, 2.24) is 4.90 Å². The number of carbonyl (C=O) groups is 2. The normalized spacial score (nSPS) is 25.4. The van der Waals surface area contributed by atoms with Gasteiger partial charge < -0.3 is 5.73 Å². The first-order chi connectivity index (χ1) is 6.69. The Morgan fingerprint density at radius 3 is 2.50 bits per heavy atom. The van der Waals surface area contributed by atoms with Crippen LogP contribution in [0.15, 0.2) is 0 Å². The molecule has 1 saturated carbocycles. The minimum Gasteiger partial charge on any atom is -0.329 e. The summed E-state index contributed by atoms with van der Waals surface area (Å²) in [5.74, 6) is 0.00722. The lowest BCUT2D eigenvalue weighted by Gasteiger charge is -2.20. The van der Waals surface area contributed by atoms with Gasteiger partial charge in [0.1, 0.15) is 0 Å². The van der Waals surface area contributed by atoms with Gasteiger partial charge in [0.2, 0.25) is 11.8 Å². The Balaban J connectivity index is 2.18. The van der Waals surface area contributed by atoms with Crippen LogP contribution in [-0.2, 0) is 9.59 Å². The highest BCUT2D eigenvalue weighted by atomic mass is 16.2. The standard InChI is InChI=1S/C10H16N2O2/c11-5-6-12-8(13)7-10(9(12)14)3-1-2-4-10/h1-7,11H2. The van der Waals surface area contributed by atoms with Gasteiger partial charge in [0, 0.05) is 19.5 Å². The monoisotopic (exact) mass is 196 g/mol. The molecule has 0 atom stereocenters. The van der Waals surface area contributed by atoms with Gasteiger partial charge in [0.25, 0.3) is 0 Å². The molecule has 0 bridgehead atoms. The van der Waals surface area contributed by atoms with Gasteiger partial charge in [0.05, 0.1) is 5.41 Å². The Morgan fingerprint density at radius 1 is 1.29 bits per heavy atom. The Bertz CT molecular complexity index is 269. The van der Waals surface area contributed by atoms with Crippen LogP contribution in [0.25, 0.3) is 0 Å². The molecule has 2 aliphatic rings. The van der Waals surface area contributed by atoms with Crippen LogP contribution in [-0.4, -0.2) is 29.8 Å². The molecule has 1 spiro atoms. The highest BCUT2D eigenvalue weighted by Gasteiger charge is 2.52. The quantitative estimate of drug-likeness (QED) is 0.644. The van der Waals surface area contributed by atoms with Crippen molar-refractivity contribution < 1.29 is 9.59 Å². The average molecular weight is 196 g/mol. The molecule has 1 aliphatic carbocycles. The third kappa shape index (κ3) is 1.25. The summed E-state index contributed by atoms with van der Waals surface area (Å²) in [5, 5.41) is 0. The van der Waals surface area contributed by atoms with Gasteiger partial charge in [-0.15, -0.1) is 0 Å². The maximum Gasteiger partial charge on any atom is 0.235 e. The zero-order chi connectivity index (χ0) is 10.2. The number of rotatable bonds is 2.